The first kappa shape index (κ1) is 18.9. The molecule has 0 aromatic heterocycles. The van der Waals surface area contributed by atoms with Crippen LogP contribution in [-0.2, 0) is 20.7 Å². The quantitative estimate of drug-likeness (QED) is 0.725. The molecular formula is C23H25NO3. The maximum Gasteiger partial charge on any atom is 0.327 e. The molecule has 1 atom stereocenters. The first-order valence-electron chi connectivity index (χ1n) is 9.28. The Morgan fingerprint density at radius 1 is 1.15 bits per heavy atom. The highest BCUT2D eigenvalue weighted by Crippen LogP contribution is 2.21. The van der Waals surface area contributed by atoms with Crippen LogP contribution in [0.5, 0.6) is 0 Å². The van der Waals surface area contributed by atoms with E-state index in [-0.39, 0.29) is 24.8 Å². The maximum absolute atomic E-state index is 12.6. The van der Waals surface area contributed by atoms with Gasteiger partial charge < -0.3 is 4.74 Å². The van der Waals surface area contributed by atoms with Crippen molar-refractivity contribution in [1.29, 1.82) is 0 Å². The molecule has 1 aliphatic heterocycles. The molecule has 1 heterocycles. The minimum atomic E-state index is -0.477. The van der Waals surface area contributed by atoms with Crippen LogP contribution in [0.3, 0.4) is 0 Å². The third-order valence-corrected chi connectivity index (χ3v) is 4.71. The van der Waals surface area contributed by atoms with Crippen LogP contribution in [0.25, 0.3) is 6.08 Å². The molecule has 4 heteroatoms. The molecule has 0 aliphatic carbocycles. The molecule has 2 aromatic carbocycles. The molecule has 0 bridgehead atoms. The van der Waals surface area contributed by atoms with Crippen LogP contribution < -0.4 is 0 Å². The minimum absolute atomic E-state index is 0.0387. The Bertz CT molecular complexity index is 824. The van der Waals surface area contributed by atoms with E-state index < -0.39 is 6.23 Å². The number of carbonyl (C=O) groups is 2. The van der Waals surface area contributed by atoms with Crippen molar-refractivity contribution in [2.24, 2.45) is 0 Å². The van der Waals surface area contributed by atoms with Gasteiger partial charge in [-0.05, 0) is 31.4 Å². The van der Waals surface area contributed by atoms with Crippen molar-refractivity contribution in [3.05, 3.63) is 76.9 Å². The first-order chi connectivity index (χ1) is 13.0. The topological polar surface area (TPSA) is 46.6 Å². The molecule has 3 rings (SSSR count). The van der Waals surface area contributed by atoms with Gasteiger partial charge in [-0.15, -0.1) is 0 Å². The van der Waals surface area contributed by atoms with Crippen LogP contribution in [0.4, 0.5) is 0 Å². The van der Waals surface area contributed by atoms with Gasteiger partial charge in [0.2, 0.25) is 5.91 Å². The Kier molecular flexibility index (Phi) is 6.07. The van der Waals surface area contributed by atoms with E-state index >= 15 is 0 Å². The van der Waals surface area contributed by atoms with Crippen LogP contribution >= 0.6 is 0 Å². The number of hydrogen-bond acceptors (Lipinski definition) is 3. The molecule has 0 saturated carbocycles. The van der Waals surface area contributed by atoms with Gasteiger partial charge in [0.1, 0.15) is 6.54 Å². The molecule has 27 heavy (non-hydrogen) atoms. The smallest absolute Gasteiger partial charge is 0.327 e. The summed E-state index contributed by atoms with van der Waals surface area (Å²) in [6.07, 6.45) is 3.31. The van der Waals surface area contributed by atoms with E-state index in [0.717, 1.165) is 17.5 Å². The number of ether oxygens (including phenoxy) is 1. The van der Waals surface area contributed by atoms with E-state index in [9.17, 15) is 9.59 Å². The summed E-state index contributed by atoms with van der Waals surface area (Å²) in [6, 6.07) is 17.9. The molecule has 0 N–H and O–H groups in total. The first-order valence-corrected chi connectivity index (χ1v) is 9.28. The number of hydrogen-bond donors (Lipinski definition) is 0. The SMILES string of the molecule is C/C(=C\c1ccc(C)cc1)CCC1OC(=O)CN1C(=O)Cc1ccccc1. The van der Waals surface area contributed by atoms with E-state index in [1.54, 1.807) is 4.90 Å². The van der Waals surface area contributed by atoms with E-state index in [4.69, 9.17) is 4.74 Å². The van der Waals surface area contributed by atoms with Crippen molar-refractivity contribution in [1.82, 2.24) is 4.90 Å². The lowest BCUT2D eigenvalue weighted by Crippen LogP contribution is -2.37. The van der Waals surface area contributed by atoms with Gasteiger partial charge in [0.25, 0.3) is 0 Å². The predicted molar refractivity (Wildman–Crippen MR) is 106 cm³/mol. The molecule has 0 spiro atoms. The number of carbonyl (C=O) groups excluding carboxylic acids is 2. The lowest BCUT2D eigenvalue weighted by molar-refractivity contribution is -0.143. The highest BCUT2D eigenvalue weighted by atomic mass is 16.6. The van der Waals surface area contributed by atoms with Crippen molar-refractivity contribution < 1.29 is 14.3 Å². The van der Waals surface area contributed by atoms with Crippen molar-refractivity contribution in [2.45, 2.75) is 39.3 Å². The summed E-state index contributed by atoms with van der Waals surface area (Å²) in [7, 11) is 0. The molecule has 4 nitrogen and oxygen atoms in total. The van der Waals surface area contributed by atoms with Crippen molar-refractivity contribution in [3.8, 4) is 0 Å². The summed E-state index contributed by atoms with van der Waals surface area (Å²) in [5.74, 6) is -0.404. The van der Waals surface area contributed by atoms with Gasteiger partial charge in [-0.1, -0.05) is 71.8 Å². The normalized spacial score (nSPS) is 17.1. The number of allylic oxidation sites excluding steroid dienone is 1. The van der Waals surface area contributed by atoms with Crippen molar-refractivity contribution >= 4 is 18.0 Å². The van der Waals surface area contributed by atoms with Gasteiger partial charge in [-0.2, -0.15) is 0 Å². The molecule has 1 amide bonds. The summed E-state index contributed by atoms with van der Waals surface area (Å²) in [6.45, 7) is 4.17. The summed E-state index contributed by atoms with van der Waals surface area (Å²) < 4.78 is 5.39. The number of rotatable bonds is 6. The van der Waals surface area contributed by atoms with E-state index in [1.165, 1.54) is 11.1 Å². The van der Waals surface area contributed by atoms with Crippen LogP contribution in [0.1, 0.15) is 36.5 Å². The second-order valence-corrected chi connectivity index (χ2v) is 7.07. The molecule has 1 unspecified atom stereocenters. The van der Waals surface area contributed by atoms with Crippen molar-refractivity contribution in [2.75, 3.05) is 6.54 Å². The zero-order valence-electron chi connectivity index (χ0n) is 15.9. The lowest BCUT2D eigenvalue weighted by Gasteiger charge is -2.22. The van der Waals surface area contributed by atoms with Gasteiger partial charge in [-0.25, -0.2) is 0 Å². The highest BCUT2D eigenvalue weighted by Gasteiger charge is 2.35. The largest absolute Gasteiger partial charge is 0.440 e. The molecule has 0 radical (unpaired) electrons. The summed E-state index contributed by atoms with van der Waals surface area (Å²) in [5, 5.41) is 0. The Morgan fingerprint density at radius 3 is 2.56 bits per heavy atom. The monoisotopic (exact) mass is 363 g/mol. The Balaban J connectivity index is 1.59. The second kappa shape index (κ2) is 8.67. The molecule has 2 aromatic rings. The predicted octanol–water partition coefficient (Wildman–Crippen LogP) is 4.13. The standard InChI is InChI=1S/C23H25NO3/c1-17-8-11-20(12-9-17)14-18(2)10-13-22-24(16-23(26)27-22)21(25)15-19-6-4-3-5-7-19/h3-9,11-12,14,22H,10,13,15-16H2,1-2H3/b18-14+. The zero-order valence-corrected chi connectivity index (χ0v) is 15.9. The van der Waals surface area contributed by atoms with Gasteiger partial charge in [0, 0.05) is 6.42 Å². The van der Waals surface area contributed by atoms with E-state index in [2.05, 4.69) is 44.2 Å². The highest BCUT2D eigenvalue weighted by molar-refractivity contribution is 5.86. The fourth-order valence-electron chi connectivity index (χ4n) is 3.20. The number of benzene rings is 2. The van der Waals surface area contributed by atoms with Crippen LogP contribution in [-0.4, -0.2) is 29.5 Å². The molecule has 140 valence electrons. The summed E-state index contributed by atoms with van der Waals surface area (Å²) >= 11 is 0. The fourth-order valence-corrected chi connectivity index (χ4v) is 3.20. The van der Waals surface area contributed by atoms with E-state index in [1.807, 2.05) is 30.3 Å². The van der Waals surface area contributed by atoms with Gasteiger partial charge in [0.15, 0.2) is 6.23 Å². The third-order valence-electron chi connectivity index (χ3n) is 4.71. The van der Waals surface area contributed by atoms with Gasteiger partial charge >= 0.3 is 5.97 Å². The fraction of sp³-hybridized carbons (Fsp3) is 0.304. The zero-order chi connectivity index (χ0) is 19.2. The molecule has 1 aliphatic rings. The third kappa shape index (κ3) is 5.30. The van der Waals surface area contributed by atoms with Crippen molar-refractivity contribution in [3.63, 3.8) is 0 Å². The Hall–Kier alpha value is -2.88. The molecule has 1 saturated heterocycles. The number of aryl methyl sites for hydroxylation is 1. The summed E-state index contributed by atoms with van der Waals surface area (Å²) in [4.78, 5) is 25.9. The van der Waals surface area contributed by atoms with E-state index in [0.29, 0.717) is 6.42 Å². The molecular weight excluding hydrogens is 338 g/mol. The Morgan fingerprint density at radius 2 is 1.85 bits per heavy atom. The van der Waals surface area contributed by atoms with Crippen LogP contribution in [0.15, 0.2) is 60.2 Å². The van der Waals surface area contributed by atoms with Gasteiger partial charge in [-0.3, -0.25) is 14.5 Å². The second-order valence-electron chi connectivity index (χ2n) is 7.07. The average molecular weight is 363 g/mol. The van der Waals surface area contributed by atoms with Gasteiger partial charge in [0.05, 0.1) is 6.42 Å². The Labute approximate surface area is 160 Å². The minimum Gasteiger partial charge on any atom is -0.440 e. The lowest BCUT2D eigenvalue weighted by atomic mass is 10.1. The van der Waals surface area contributed by atoms with Crippen LogP contribution in [0.2, 0.25) is 0 Å². The number of esters is 1. The van der Waals surface area contributed by atoms with Crippen LogP contribution in [0, 0.1) is 6.92 Å². The number of cyclic esters (lactones) is 1. The number of amides is 1. The molecule has 1 fully saturated rings. The average Bonchev–Trinajstić information content (AvgIpc) is 3.04. The summed E-state index contributed by atoms with van der Waals surface area (Å²) in [5.41, 5.74) is 4.52. The number of nitrogens with zero attached hydrogens (tertiary/aromatic N) is 1. The maximum atomic E-state index is 12.6.